The number of allylic oxidation sites excluding steroid dienone is 3. The Morgan fingerprint density at radius 3 is 1.86 bits per heavy atom. The molecule has 0 bridgehead atoms. The van der Waals surface area contributed by atoms with Gasteiger partial charge in [0.1, 0.15) is 0 Å². The fourth-order valence-corrected chi connectivity index (χ4v) is 4.25. The predicted octanol–water partition coefficient (Wildman–Crippen LogP) is 3.63. The maximum atomic E-state index is 6.88. The lowest BCUT2D eigenvalue weighted by atomic mass is 9.27. The van der Waals surface area contributed by atoms with Crippen molar-refractivity contribution >= 4 is 45.4 Å². The Labute approximate surface area is 174 Å². The Hall–Kier alpha value is -3.37. The van der Waals surface area contributed by atoms with Gasteiger partial charge in [-0.2, -0.15) is 10.9 Å². The molecule has 0 saturated heterocycles. The summed E-state index contributed by atoms with van der Waals surface area (Å²) in [6.45, 7) is 0. The zero-order chi connectivity index (χ0) is 19.7. The number of halogens is 1. The summed E-state index contributed by atoms with van der Waals surface area (Å²) in [4.78, 5) is 0. The first-order valence-electron chi connectivity index (χ1n) is 9.53. The standard InChI is InChI=1S/C24H17BClN2O/c26-23-17-19-16-22(18-10-4-1-5-11-18)29-25(24(19)28-27-23,20-12-6-2-7-13-20)21-14-8-3-9-15-21/h1-17H. The van der Waals surface area contributed by atoms with Crippen LogP contribution in [0.4, 0.5) is 0 Å². The number of hydrogen-bond donors (Lipinski definition) is 0. The molecule has 0 atom stereocenters. The van der Waals surface area contributed by atoms with Crippen LogP contribution in [0, 0.1) is 0 Å². The molecular formula is C24H17BClN2O. The molecule has 0 amide bonds. The number of hydrogen-bond acceptors (Lipinski definition) is 3. The summed E-state index contributed by atoms with van der Waals surface area (Å²) in [5.74, 6) is 0.787. The molecule has 0 aliphatic carbocycles. The summed E-state index contributed by atoms with van der Waals surface area (Å²) in [6, 6.07) is 30.5. The predicted molar refractivity (Wildman–Crippen MR) is 122 cm³/mol. The minimum atomic E-state index is -1.83. The second-order valence-electron chi connectivity index (χ2n) is 7.11. The van der Waals surface area contributed by atoms with Crippen LogP contribution >= 0.6 is 11.6 Å². The van der Waals surface area contributed by atoms with E-state index < -0.39 is 6.35 Å². The third-order valence-electron chi connectivity index (χ3n) is 5.40. The van der Waals surface area contributed by atoms with Crippen LogP contribution < -0.4 is 16.0 Å². The molecule has 0 spiro atoms. The quantitative estimate of drug-likeness (QED) is 0.624. The van der Waals surface area contributed by atoms with Crippen LogP contribution in [0.15, 0.2) is 114 Å². The van der Waals surface area contributed by atoms with Crippen LogP contribution in [0.3, 0.4) is 0 Å². The third kappa shape index (κ3) is 3.02. The zero-order valence-corrected chi connectivity index (χ0v) is 16.3. The minimum absolute atomic E-state index is 0.361. The van der Waals surface area contributed by atoms with Gasteiger partial charge in [0.2, 0.25) is 5.10 Å². The second kappa shape index (κ2) is 7.23. The first-order chi connectivity index (χ1) is 14.3. The minimum Gasteiger partial charge on any atom is -0.701 e. The van der Waals surface area contributed by atoms with Crippen molar-refractivity contribution in [1.29, 1.82) is 0 Å². The molecule has 1 radical (unpaired) electrons. The molecule has 29 heavy (non-hydrogen) atoms. The fraction of sp³-hybridized carbons (Fsp3) is 0. The molecule has 2 heterocycles. The molecule has 0 N–H and O–H groups in total. The molecule has 3 aromatic carbocycles. The van der Waals surface area contributed by atoms with Crippen molar-refractivity contribution in [3.05, 3.63) is 114 Å². The first kappa shape index (κ1) is 17.7. The SMILES string of the molecule is ClC1=[N+]N=C2C(=C1)C=C(c1ccccc1)O[B-]2(c1ccccc1)c1ccccc1. The van der Waals surface area contributed by atoms with Gasteiger partial charge in [0.05, 0.1) is 5.76 Å². The number of fused-ring (bicyclic) bond motifs is 1. The van der Waals surface area contributed by atoms with Crippen molar-refractivity contribution < 1.29 is 4.65 Å². The van der Waals surface area contributed by atoms with E-state index in [0.717, 1.165) is 33.4 Å². The lowest BCUT2D eigenvalue weighted by Gasteiger charge is -2.47. The van der Waals surface area contributed by atoms with Crippen LogP contribution in [-0.4, -0.2) is 17.1 Å². The first-order valence-corrected chi connectivity index (χ1v) is 9.91. The number of nitrogens with zero attached hydrogens (tertiary/aromatic N) is 2. The van der Waals surface area contributed by atoms with Crippen molar-refractivity contribution in [3.63, 3.8) is 0 Å². The van der Waals surface area contributed by atoms with Crippen LogP contribution in [0.5, 0.6) is 0 Å². The van der Waals surface area contributed by atoms with Crippen molar-refractivity contribution in [1.82, 2.24) is 5.10 Å². The van der Waals surface area contributed by atoms with E-state index in [1.165, 1.54) is 0 Å². The average molecular weight is 396 g/mol. The molecule has 2 aliphatic rings. The number of benzene rings is 3. The fourth-order valence-electron chi connectivity index (χ4n) is 4.09. The maximum absolute atomic E-state index is 6.88. The van der Waals surface area contributed by atoms with Crippen molar-refractivity contribution in [2.24, 2.45) is 5.10 Å². The molecule has 3 aromatic rings. The summed E-state index contributed by atoms with van der Waals surface area (Å²) in [6.07, 6.45) is 2.03. The lowest BCUT2D eigenvalue weighted by Crippen LogP contribution is -2.68. The highest BCUT2D eigenvalue weighted by Crippen LogP contribution is 2.32. The van der Waals surface area contributed by atoms with Crippen LogP contribution in [0.25, 0.3) is 5.76 Å². The third-order valence-corrected chi connectivity index (χ3v) is 5.58. The topological polar surface area (TPSA) is 35.7 Å². The maximum Gasteiger partial charge on any atom is 0.381 e. The van der Waals surface area contributed by atoms with Gasteiger partial charge in [-0.15, -0.1) is 0 Å². The smallest absolute Gasteiger partial charge is 0.381 e. The van der Waals surface area contributed by atoms with E-state index in [0.29, 0.717) is 5.17 Å². The van der Waals surface area contributed by atoms with Gasteiger partial charge in [-0.3, -0.25) is 0 Å². The molecule has 5 rings (SSSR count). The van der Waals surface area contributed by atoms with Crippen LogP contribution in [-0.2, 0) is 4.65 Å². The van der Waals surface area contributed by atoms with Gasteiger partial charge >= 0.3 is 5.17 Å². The van der Waals surface area contributed by atoms with Gasteiger partial charge in [0.15, 0.2) is 0 Å². The molecule has 0 saturated carbocycles. The summed E-state index contributed by atoms with van der Waals surface area (Å²) >= 11 is 6.22. The van der Waals surface area contributed by atoms with Crippen molar-refractivity contribution in [2.45, 2.75) is 0 Å². The van der Waals surface area contributed by atoms with Gasteiger partial charge in [-0.25, -0.2) is 0 Å². The largest absolute Gasteiger partial charge is 0.701 e. The van der Waals surface area contributed by atoms with E-state index in [2.05, 4.69) is 34.5 Å². The Kier molecular flexibility index (Phi) is 4.41. The molecule has 2 aliphatic heterocycles. The van der Waals surface area contributed by atoms with Crippen LogP contribution in [0.1, 0.15) is 5.56 Å². The van der Waals surface area contributed by atoms with Crippen molar-refractivity contribution in [3.8, 4) is 0 Å². The van der Waals surface area contributed by atoms with E-state index in [1.54, 1.807) is 0 Å². The summed E-state index contributed by atoms with van der Waals surface area (Å²) < 4.78 is 6.88. The molecular weight excluding hydrogens is 379 g/mol. The van der Waals surface area contributed by atoms with Crippen LogP contribution in [0.2, 0.25) is 0 Å². The van der Waals surface area contributed by atoms with Crippen molar-refractivity contribution in [2.75, 3.05) is 0 Å². The number of rotatable bonds is 3. The molecule has 3 nitrogen and oxygen atoms in total. The molecule has 0 unspecified atom stereocenters. The average Bonchev–Trinajstić information content (AvgIpc) is 2.80. The normalized spacial score (nSPS) is 17.1. The highest BCUT2D eigenvalue weighted by molar-refractivity contribution is 7.21. The van der Waals surface area contributed by atoms with E-state index in [4.69, 9.17) is 16.3 Å². The summed E-state index contributed by atoms with van der Waals surface area (Å²) in [7, 11) is 0. The molecule has 0 fully saturated rings. The summed E-state index contributed by atoms with van der Waals surface area (Å²) in [5, 5.41) is 9.05. The van der Waals surface area contributed by atoms with Gasteiger partial charge in [0, 0.05) is 22.4 Å². The van der Waals surface area contributed by atoms with Gasteiger partial charge in [-0.1, -0.05) is 91.0 Å². The van der Waals surface area contributed by atoms with E-state index in [1.807, 2.05) is 78.9 Å². The lowest BCUT2D eigenvalue weighted by molar-refractivity contribution is 0.533. The molecule has 139 valence electrons. The monoisotopic (exact) mass is 395 g/mol. The van der Waals surface area contributed by atoms with E-state index in [-0.39, 0.29) is 0 Å². The van der Waals surface area contributed by atoms with Gasteiger partial charge in [0.25, 0.3) is 6.35 Å². The van der Waals surface area contributed by atoms with E-state index >= 15 is 0 Å². The Bertz CT molecular complexity index is 1130. The van der Waals surface area contributed by atoms with E-state index in [9.17, 15) is 0 Å². The molecule has 0 aromatic heterocycles. The highest BCUT2D eigenvalue weighted by Gasteiger charge is 2.44. The second-order valence-corrected chi connectivity index (χ2v) is 7.50. The van der Waals surface area contributed by atoms with Gasteiger partial charge < -0.3 is 4.65 Å². The Morgan fingerprint density at radius 1 is 0.724 bits per heavy atom. The zero-order valence-electron chi connectivity index (χ0n) is 15.6. The summed E-state index contributed by atoms with van der Waals surface area (Å²) in [5.41, 5.74) is 4.79. The Morgan fingerprint density at radius 2 is 1.28 bits per heavy atom. The molecule has 5 heteroatoms. The Balaban J connectivity index is 1.82. The van der Waals surface area contributed by atoms with Gasteiger partial charge in [-0.05, 0) is 23.3 Å². The highest BCUT2D eigenvalue weighted by atomic mass is 35.5.